The topological polar surface area (TPSA) is 71.2 Å². The van der Waals surface area contributed by atoms with E-state index in [1.165, 1.54) is 4.70 Å². The van der Waals surface area contributed by atoms with Crippen molar-refractivity contribution in [1.29, 1.82) is 0 Å². The van der Waals surface area contributed by atoms with Crippen molar-refractivity contribution in [1.82, 2.24) is 25.0 Å². The average molecular weight is 344 g/mol. The molecule has 0 atom stereocenters. The fraction of sp³-hybridized carbons (Fsp3) is 0.500. The summed E-state index contributed by atoms with van der Waals surface area (Å²) < 4.78 is 6.38. The maximum atomic E-state index is 5.20. The molecule has 4 rings (SSSR count). The first-order valence-electron chi connectivity index (χ1n) is 8.30. The Kier molecular flexibility index (Phi) is 4.40. The summed E-state index contributed by atoms with van der Waals surface area (Å²) in [6.45, 7) is 6.72. The lowest BCUT2D eigenvalue weighted by Crippen LogP contribution is -2.31. The van der Waals surface area contributed by atoms with Crippen LogP contribution < -0.4 is 4.90 Å². The quantitative estimate of drug-likeness (QED) is 0.719. The Morgan fingerprint density at radius 2 is 2.17 bits per heavy atom. The highest BCUT2D eigenvalue weighted by atomic mass is 32.1. The number of thiophene rings is 1. The third-order valence-corrected chi connectivity index (χ3v) is 5.19. The normalized spacial score (nSPS) is 16.6. The minimum Gasteiger partial charge on any atom is -0.354 e. The van der Waals surface area contributed by atoms with E-state index in [2.05, 4.69) is 41.4 Å². The van der Waals surface area contributed by atoms with E-state index in [0.29, 0.717) is 5.89 Å². The van der Waals surface area contributed by atoms with Gasteiger partial charge in [-0.05, 0) is 17.9 Å². The molecule has 0 aliphatic carbocycles. The molecule has 0 aromatic carbocycles. The molecule has 0 spiro atoms. The smallest absolute Gasteiger partial charge is 0.226 e. The molecule has 1 saturated heterocycles. The molecule has 4 heterocycles. The van der Waals surface area contributed by atoms with Gasteiger partial charge in [0.1, 0.15) is 12.1 Å². The Morgan fingerprint density at radius 3 is 3.04 bits per heavy atom. The second-order valence-corrected chi connectivity index (χ2v) is 6.82. The first kappa shape index (κ1) is 15.5. The van der Waals surface area contributed by atoms with Crippen molar-refractivity contribution in [2.24, 2.45) is 0 Å². The van der Waals surface area contributed by atoms with Crippen LogP contribution in [0.25, 0.3) is 10.2 Å². The zero-order valence-corrected chi connectivity index (χ0v) is 14.5. The van der Waals surface area contributed by atoms with Gasteiger partial charge >= 0.3 is 0 Å². The van der Waals surface area contributed by atoms with Gasteiger partial charge in [0.15, 0.2) is 5.82 Å². The molecule has 7 nitrogen and oxygen atoms in total. The summed E-state index contributed by atoms with van der Waals surface area (Å²) in [6, 6.07) is 2.05. The highest BCUT2D eigenvalue weighted by Crippen LogP contribution is 2.28. The Balaban J connectivity index is 1.45. The van der Waals surface area contributed by atoms with E-state index in [0.717, 1.165) is 62.7 Å². The summed E-state index contributed by atoms with van der Waals surface area (Å²) in [5.74, 6) is 2.55. The van der Waals surface area contributed by atoms with Gasteiger partial charge in [-0.25, -0.2) is 9.97 Å². The summed E-state index contributed by atoms with van der Waals surface area (Å²) in [7, 11) is 0. The summed E-state index contributed by atoms with van der Waals surface area (Å²) in [5.41, 5.74) is 1.03. The monoisotopic (exact) mass is 344 g/mol. The third-order valence-electron chi connectivity index (χ3n) is 4.29. The molecule has 0 saturated carbocycles. The molecule has 1 fully saturated rings. The summed E-state index contributed by atoms with van der Waals surface area (Å²) in [6.07, 6.45) is 3.54. The Bertz CT molecular complexity index is 816. The van der Waals surface area contributed by atoms with Crippen molar-refractivity contribution in [3.8, 4) is 0 Å². The standard InChI is InChI=1S/C16H20N6OS/c1-2-14-19-13(20-23-14)10-21-5-3-6-22(8-7-21)16-15-12(4-9-24-15)17-11-18-16/h4,9,11H,2-3,5-8,10H2,1H3. The van der Waals surface area contributed by atoms with Gasteiger partial charge in [0, 0.05) is 32.6 Å². The molecular formula is C16H20N6OS. The number of hydrogen-bond donors (Lipinski definition) is 0. The molecule has 0 bridgehead atoms. The lowest BCUT2D eigenvalue weighted by atomic mass is 10.3. The van der Waals surface area contributed by atoms with Gasteiger partial charge in [0.25, 0.3) is 0 Å². The zero-order chi connectivity index (χ0) is 16.4. The second-order valence-electron chi connectivity index (χ2n) is 5.91. The molecule has 0 N–H and O–H groups in total. The van der Waals surface area contributed by atoms with Crippen molar-refractivity contribution >= 4 is 27.4 Å². The third kappa shape index (κ3) is 3.11. The second kappa shape index (κ2) is 6.82. The summed E-state index contributed by atoms with van der Waals surface area (Å²) >= 11 is 1.71. The number of aryl methyl sites for hydroxylation is 1. The van der Waals surface area contributed by atoms with Crippen LogP contribution in [-0.2, 0) is 13.0 Å². The molecule has 3 aromatic rings. The molecule has 0 amide bonds. The van der Waals surface area contributed by atoms with Crippen molar-refractivity contribution in [2.45, 2.75) is 26.3 Å². The molecule has 1 aliphatic rings. The van der Waals surface area contributed by atoms with E-state index in [-0.39, 0.29) is 0 Å². The van der Waals surface area contributed by atoms with Crippen molar-refractivity contribution in [3.63, 3.8) is 0 Å². The van der Waals surface area contributed by atoms with E-state index >= 15 is 0 Å². The van der Waals surface area contributed by atoms with Gasteiger partial charge in [-0.1, -0.05) is 12.1 Å². The van der Waals surface area contributed by atoms with Crippen LogP contribution in [0.4, 0.5) is 5.82 Å². The van der Waals surface area contributed by atoms with Crippen LogP contribution in [0.15, 0.2) is 22.3 Å². The molecule has 24 heavy (non-hydrogen) atoms. The van der Waals surface area contributed by atoms with E-state index in [1.807, 2.05) is 6.92 Å². The van der Waals surface area contributed by atoms with Gasteiger partial charge in [-0.3, -0.25) is 4.90 Å². The predicted molar refractivity (Wildman–Crippen MR) is 93.2 cm³/mol. The first-order chi connectivity index (χ1) is 11.8. The predicted octanol–water partition coefficient (Wildman–Crippen LogP) is 2.35. The van der Waals surface area contributed by atoms with Crippen LogP contribution in [0, 0.1) is 0 Å². The molecule has 1 aliphatic heterocycles. The molecule has 0 radical (unpaired) electrons. The van der Waals surface area contributed by atoms with Gasteiger partial charge in [0.2, 0.25) is 5.89 Å². The number of anilines is 1. The van der Waals surface area contributed by atoms with Gasteiger partial charge in [-0.15, -0.1) is 11.3 Å². The Hall–Kier alpha value is -2.06. The lowest BCUT2D eigenvalue weighted by Gasteiger charge is -2.22. The van der Waals surface area contributed by atoms with Crippen molar-refractivity contribution in [2.75, 3.05) is 31.1 Å². The van der Waals surface area contributed by atoms with E-state index in [4.69, 9.17) is 4.52 Å². The van der Waals surface area contributed by atoms with Crippen LogP contribution in [0.2, 0.25) is 0 Å². The van der Waals surface area contributed by atoms with Crippen LogP contribution in [0.3, 0.4) is 0 Å². The largest absolute Gasteiger partial charge is 0.354 e. The van der Waals surface area contributed by atoms with Crippen LogP contribution >= 0.6 is 11.3 Å². The maximum Gasteiger partial charge on any atom is 0.226 e. The lowest BCUT2D eigenvalue weighted by molar-refractivity contribution is 0.271. The Morgan fingerprint density at radius 1 is 1.21 bits per heavy atom. The van der Waals surface area contributed by atoms with Gasteiger partial charge in [0.05, 0.1) is 16.8 Å². The van der Waals surface area contributed by atoms with Crippen LogP contribution in [0.5, 0.6) is 0 Å². The van der Waals surface area contributed by atoms with E-state index < -0.39 is 0 Å². The summed E-state index contributed by atoms with van der Waals surface area (Å²) in [4.78, 5) is 18.0. The first-order valence-corrected chi connectivity index (χ1v) is 9.18. The molecule has 8 heteroatoms. The van der Waals surface area contributed by atoms with Gasteiger partial charge < -0.3 is 9.42 Å². The number of hydrogen-bond acceptors (Lipinski definition) is 8. The fourth-order valence-corrected chi connectivity index (χ4v) is 3.90. The van der Waals surface area contributed by atoms with E-state index in [1.54, 1.807) is 17.7 Å². The Labute approximate surface area is 144 Å². The van der Waals surface area contributed by atoms with Crippen molar-refractivity contribution in [3.05, 3.63) is 29.5 Å². The van der Waals surface area contributed by atoms with Gasteiger partial charge in [-0.2, -0.15) is 4.98 Å². The van der Waals surface area contributed by atoms with Crippen LogP contribution in [-0.4, -0.2) is 51.2 Å². The minimum atomic E-state index is 0.711. The van der Waals surface area contributed by atoms with Crippen LogP contribution in [0.1, 0.15) is 25.1 Å². The molecule has 0 unspecified atom stereocenters. The highest BCUT2D eigenvalue weighted by molar-refractivity contribution is 7.17. The zero-order valence-electron chi connectivity index (χ0n) is 13.7. The minimum absolute atomic E-state index is 0.711. The summed E-state index contributed by atoms with van der Waals surface area (Å²) in [5, 5.41) is 6.14. The number of aromatic nitrogens is 4. The maximum absolute atomic E-state index is 5.20. The SMILES string of the molecule is CCc1nc(CN2CCCN(c3ncnc4ccsc34)CC2)no1. The molecule has 3 aromatic heterocycles. The molecular weight excluding hydrogens is 324 g/mol. The van der Waals surface area contributed by atoms with Crippen molar-refractivity contribution < 1.29 is 4.52 Å². The average Bonchev–Trinajstić information content (AvgIpc) is 3.20. The number of fused-ring (bicyclic) bond motifs is 1. The molecule has 126 valence electrons. The van der Waals surface area contributed by atoms with E-state index in [9.17, 15) is 0 Å². The highest BCUT2D eigenvalue weighted by Gasteiger charge is 2.20. The fourth-order valence-electron chi connectivity index (χ4n) is 3.04. The number of nitrogens with zero attached hydrogens (tertiary/aromatic N) is 6. The number of rotatable bonds is 4.